The molecule has 2 saturated carbocycles. The van der Waals surface area contributed by atoms with E-state index in [1.165, 1.54) is 25.0 Å². The molecule has 3 aliphatic carbocycles. The van der Waals surface area contributed by atoms with Crippen molar-refractivity contribution in [3.8, 4) is 0 Å². The van der Waals surface area contributed by atoms with Crippen molar-refractivity contribution in [1.82, 2.24) is 0 Å². The molecule has 4 nitrogen and oxygen atoms in total. The standard InChI is InChI=1S/C17H16O4/c18-15(19)11-3-1-2-4-12(11)16(20)21-14-9-10-5-6-13(14)17(10)7-8-17/h1-6,10,13-14H,7-9H2,(H,18,19)/t10-,13-,14+/m0/s1. The largest absolute Gasteiger partial charge is 0.478 e. The van der Waals surface area contributed by atoms with E-state index in [-0.39, 0.29) is 17.2 Å². The van der Waals surface area contributed by atoms with Crippen molar-refractivity contribution < 1.29 is 19.4 Å². The van der Waals surface area contributed by atoms with Gasteiger partial charge in [0.15, 0.2) is 0 Å². The Morgan fingerprint density at radius 3 is 2.48 bits per heavy atom. The molecule has 0 amide bonds. The van der Waals surface area contributed by atoms with Crippen LogP contribution in [0.25, 0.3) is 0 Å². The lowest BCUT2D eigenvalue weighted by molar-refractivity contribution is 0.0216. The Kier molecular flexibility index (Phi) is 2.52. The van der Waals surface area contributed by atoms with E-state index in [9.17, 15) is 9.59 Å². The molecule has 2 bridgehead atoms. The molecule has 2 fully saturated rings. The Balaban J connectivity index is 1.55. The summed E-state index contributed by atoms with van der Waals surface area (Å²) in [5.74, 6) is -0.762. The van der Waals surface area contributed by atoms with Crippen LogP contribution < -0.4 is 0 Å². The van der Waals surface area contributed by atoms with Crippen molar-refractivity contribution in [2.24, 2.45) is 17.3 Å². The molecule has 108 valence electrons. The van der Waals surface area contributed by atoms with Gasteiger partial charge in [-0.2, -0.15) is 0 Å². The highest BCUT2D eigenvalue weighted by atomic mass is 16.5. The Bertz CT molecular complexity index is 657. The second-order valence-corrected chi connectivity index (χ2v) is 6.28. The molecular formula is C17H16O4. The third kappa shape index (κ3) is 1.75. The van der Waals surface area contributed by atoms with Gasteiger partial charge in [-0.05, 0) is 42.7 Å². The van der Waals surface area contributed by atoms with Gasteiger partial charge < -0.3 is 9.84 Å². The number of hydrogen-bond donors (Lipinski definition) is 1. The van der Waals surface area contributed by atoms with Crippen LogP contribution in [0, 0.1) is 17.3 Å². The molecule has 21 heavy (non-hydrogen) atoms. The molecule has 0 aromatic heterocycles. The molecule has 0 heterocycles. The molecule has 0 radical (unpaired) electrons. The molecule has 1 aromatic rings. The molecule has 3 aliphatic rings. The lowest BCUT2D eigenvalue weighted by Crippen LogP contribution is -2.25. The Hall–Kier alpha value is -2.10. The predicted molar refractivity (Wildman–Crippen MR) is 75.0 cm³/mol. The fourth-order valence-corrected chi connectivity index (χ4v) is 4.11. The van der Waals surface area contributed by atoms with E-state index in [2.05, 4.69) is 12.2 Å². The normalized spacial score (nSPS) is 30.6. The highest BCUT2D eigenvalue weighted by Gasteiger charge is 2.63. The smallest absolute Gasteiger partial charge is 0.339 e. The third-order valence-electron chi connectivity index (χ3n) is 5.30. The maximum atomic E-state index is 12.3. The van der Waals surface area contributed by atoms with Crippen LogP contribution in [0.3, 0.4) is 0 Å². The minimum atomic E-state index is -1.10. The first-order valence-corrected chi connectivity index (χ1v) is 7.33. The van der Waals surface area contributed by atoms with Crippen molar-refractivity contribution in [2.75, 3.05) is 0 Å². The van der Waals surface area contributed by atoms with E-state index in [0.717, 1.165) is 6.42 Å². The molecule has 1 spiro atoms. The van der Waals surface area contributed by atoms with Gasteiger partial charge in [-0.25, -0.2) is 9.59 Å². The number of carboxylic acids is 1. The molecule has 0 aliphatic heterocycles. The van der Waals surface area contributed by atoms with Crippen LogP contribution in [0.2, 0.25) is 0 Å². The van der Waals surface area contributed by atoms with E-state index in [4.69, 9.17) is 9.84 Å². The Morgan fingerprint density at radius 1 is 1.14 bits per heavy atom. The number of carbonyl (C=O) groups excluding carboxylic acids is 1. The zero-order chi connectivity index (χ0) is 14.6. The van der Waals surface area contributed by atoms with Crippen molar-refractivity contribution in [3.63, 3.8) is 0 Å². The quantitative estimate of drug-likeness (QED) is 0.684. The summed E-state index contributed by atoms with van der Waals surface area (Å²) in [4.78, 5) is 23.5. The Morgan fingerprint density at radius 2 is 1.86 bits per heavy atom. The van der Waals surface area contributed by atoms with E-state index in [1.807, 2.05) is 0 Å². The lowest BCUT2D eigenvalue weighted by Gasteiger charge is -2.20. The number of carbonyl (C=O) groups is 2. The van der Waals surface area contributed by atoms with Crippen molar-refractivity contribution in [1.29, 1.82) is 0 Å². The van der Waals surface area contributed by atoms with Crippen LogP contribution in [0.5, 0.6) is 0 Å². The minimum absolute atomic E-state index is 0.00216. The average Bonchev–Trinajstić information content (AvgIpc) is 3.14. The molecule has 0 saturated heterocycles. The summed E-state index contributed by atoms with van der Waals surface area (Å²) in [6, 6.07) is 6.22. The number of rotatable bonds is 3. The van der Waals surface area contributed by atoms with Gasteiger partial charge >= 0.3 is 11.9 Å². The fourth-order valence-electron chi connectivity index (χ4n) is 4.11. The van der Waals surface area contributed by atoms with Gasteiger partial charge in [0, 0.05) is 5.92 Å². The molecule has 3 atom stereocenters. The number of carboxylic acid groups (broad SMARTS) is 1. The summed E-state index contributed by atoms with van der Waals surface area (Å²) in [7, 11) is 0. The van der Waals surface area contributed by atoms with E-state index >= 15 is 0 Å². The van der Waals surface area contributed by atoms with E-state index < -0.39 is 11.9 Å². The van der Waals surface area contributed by atoms with Gasteiger partial charge in [-0.15, -0.1) is 0 Å². The lowest BCUT2D eigenvalue weighted by atomic mass is 9.93. The van der Waals surface area contributed by atoms with E-state index in [1.54, 1.807) is 12.1 Å². The second kappa shape index (κ2) is 4.20. The highest BCUT2D eigenvalue weighted by Crippen LogP contribution is 2.68. The van der Waals surface area contributed by atoms with Crippen LogP contribution in [-0.4, -0.2) is 23.1 Å². The van der Waals surface area contributed by atoms with Crippen molar-refractivity contribution in [3.05, 3.63) is 47.5 Å². The van der Waals surface area contributed by atoms with Crippen molar-refractivity contribution in [2.45, 2.75) is 25.4 Å². The molecule has 0 unspecified atom stereocenters. The maximum Gasteiger partial charge on any atom is 0.339 e. The summed E-state index contributed by atoms with van der Waals surface area (Å²) in [5.41, 5.74) is 0.501. The maximum absolute atomic E-state index is 12.3. The number of ether oxygens (including phenoxy) is 1. The van der Waals surface area contributed by atoms with Crippen LogP contribution in [0.4, 0.5) is 0 Å². The topological polar surface area (TPSA) is 63.6 Å². The molecule has 1 N–H and O–H groups in total. The number of aromatic carboxylic acids is 1. The third-order valence-corrected chi connectivity index (χ3v) is 5.30. The van der Waals surface area contributed by atoms with Crippen LogP contribution in [0.15, 0.2) is 36.4 Å². The summed E-state index contributed by atoms with van der Waals surface area (Å²) in [5, 5.41) is 9.15. The van der Waals surface area contributed by atoms with Gasteiger partial charge in [-0.3, -0.25) is 0 Å². The number of benzene rings is 1. The van der Waals surface area contributed by atoms with Gasteiger partial charge in [0.2, 0.25) is 0 Å². The van der Waals surface area contributed by atoms with Crippen LogP contribution in [0.1, 0.15) is 40.0 Å². The summed E-state index contributed by atoms with van der Waals surface area (Å²) in [6.07, 6.45) is 7.65. The van der Waals surface area contributed by atoms with Gasteiger partial charge in [0.05, 0.1) is 11.1 Å². The summed E-state index contributed by atoms with van der Waals surface area (Å²) < 4.78 is 5.64. The molecule has 4 rings (SSSR count). The number of hydrogen-bond acceptors (Lipinski definition) is 3. The Labute approximate surface area is 122 Å². The first-order chi connectivity index (χ1) is 10.1. The van der Waals surface area contributed by atoms with Crippen LogP contribution >= 0.6 is 0 Å². The monoisotopic (exact) mass is 284 g/mol. The van der Waals surface area contributed by atoms with E-state index in [0.29, 0.717) is 17.3 Å². The minimum Gasteiger partial charge on any atom is -0.478 e. The summed E-state index contributed by atoms with van der Waals surface area (Å²) in [6.45, 7) is 0. The first-order valence-electron chi connectivity index (χ1n) is 7.33. The fraction of sp³-hybridized carbons (Fsp3) is 0.412. The van der Waals surface area contributed by atoms with Crippen LogP contribution in [-0.2, 0) is 4.74 Å². The zero-order valence-corrected chi connectivity index (χ0v) is 11.5. The SMILES string of the molecule is O=C(O)c1ccccc1C(=O)O[C@@H]1C[C@@H]2C=C[C@@H]1C21CC1. The predicted octanol–water partition coefficient (Wildman–Crippen LogP) is 2.90. The second-order valence-electron chi connectivity index (χ2n) is 6.28. The number of esters is 1. The molecular weight excluding hydrogens is 268 g/mol. The first kappa shape index (κ1) is 12.6. The van der Waals surface area contributed by atoms with Gasteiger partial charge in [0.1, 0.15) is 6.10 Å². The van der Waals surface area contributed by atoms with Gasteiger partial charge in [0.25, 0.3) is 0 Å². The molecule has 4 heteroatoms. The number of allylic oxidation sites excluding steroid dienone is 1. The van der Waals surface area contributed by atoms with Crippen molar-refractivity contribution >= 4 is 11.9 Å². The highest BCUT2D eigenvalue weighted by molar-refractivity contribution is 6.02. The average molecular weight is 284 g/mol. The van der Waals surface area contributed by atoms with Gasteiger partial charge in [-0.1, -0.05) is 24.3 Å². The summed E-state index contributed by atoms with van der Waals surface area (Å²) >= 11 is 0. The molecule has 1 aromatic carbocycles. The zero-order valence-electron chi connectivity index (χ0n) is 11.5.